The molecule has 0 saturated carbocycles. The molecular formula is C24H19FINO2. The molecule has 0 aliphatic rings. The molecule has 0 aliphatic heterocycles. The molecule has 146 valence electrons. The van der Waals surface area contributed by atoms with E-state index in [9.17, 15) is 9.65 Å². The van der Waals surface area contributed by atoms with Crippen molar-refractivity contribution < 1.29 is 13.9 Å². The number of nitrogens with zero attached hydrogens (tertiary/aromatic N) is 1. The van der Waals surface area contributed by atoms with E-state index in [1.165, 1.54) is 12.1 Å². The number of hydrogen-bond donors (Lipinski definition) is 0. The average molecular weight is 499 g/mol. The second-order valence-electron chi connectivity index (χ2n) is 6.22. The zero-order valence-corrected chi connectivity index (χ0v) is 18.0. The van der Waals surface area contributed by atoms with Gasteiger partial charge >= 0.3 is 0 Å². The third kappa shape index (κ3) is 5.58. The van der Waals surface area contributed by atoms with Crippen molar-refractivity contribution in [2.45, 2.75) is 13.5 Å². The lowest BCUT2D eigenvalue weighted by Crippen LogP contribution is -2.02. The number of allylic oxidation sites excluding steroid dienone is 1. The molecule has 0 radical (unpaired) electrons. The van der Waals surface area contributed by atoms with Gasteiger partial charge in [0.25, 0.3) is 0 Å². The maximum Gasteiger partial charge on any atom is 0.175 e. The van der Waals surface area contributed by atoms with Crippen LogP contribution in [0.1, 0.15) is 23.6 Å². The third-order valence-corrected chi connectivity index (χ3v) is 4.93. The second-order valence-corrected chi connectivity index (χ2v) is 7.38. The minimum absolute atomic E-state index is 0.376. The maximum absolute atomic E-state index is 13.5. The number of benzene rings is 3. The van der Waals surface area contributed by atoms with Crippen molar-refractivity contribution in [3.05, 3.63) is 92.8 Å². The van der Waals surface area contributed by atoms with Gasteiger partial charge in [0.1, 0.15) is 12.4 Å². The Balaban J connectivity index is 1.93. The van der Waals surface area contributed by atoms with E-state index >= 15 is 0 Å². The molecule has 0 spiro atoms. The summed E-state index contributed by atoms with van der Waals surface area (Å²) in [5, 5.41) is 9.54. The second kappa shape index (κ2) is 10.1. The Kier molecular flexibility index (Phi) is 7.25. The Labute approximate surface area is 183 Å². The molecule has 0 saturated heterocycles. The summed E-state index contributed by atoms with van der Waals surface area (Å²) in [5.74, 6) is 0.897. The van der Waals surface area contributed by atoms with Crippen molar-refractivity contribution in [1.29, 1.82) is 5.26 Å². The van der Waals surface area contributed by atoms with Gasteiger partial charge in [0.2, 0.25) is 0 Å². The highest BCUT2D eigenvalue weighted by molar-refractivity contribution is 14.1. The minimum Gasteiger partial charge on any atom is -0.490 e. The van der Waals surface area contributed by atoms with Crippen LogP contribution in [-0.2, 0) is 6.61 Å². The van der Waals surface area contributed by atoms with Gasteiger partial charge in [-0.15, -0.1) is 0 Å². The zero-order chi connectivity index (χ0) is 20.6. The lowest BCUT2D eigenvalue weighted by atomic mass is 10.0. The van der Waals surface area contributed by atoms with E-state index in [0.29, 0.717) is 35.8 Å². The summed E-state index contributed by atoms with van der Waals surface area (Å²) in [6.07, 6.45) is 1.72. The van der Waals surface area contributed by atoms with Crippen molar-refractivity contribution in [1.82, 2.24) is 0 Å². The Morgan fingerprint density at radius 2 is 1.86 bits per heavy atom. The molecule has 3 aromatic rings. The van der Waals surface area contributed by atoms with Crippen molar-refractivity contribution >= 4 is 34.2 Å². The maximum atomic E-state index is 13.5. The molecule has 0 amide bonds. The lowest BCUT2D eigenvalue weighted by molar-refractivity contribution is 0.267. The first-order chi connectivity index (χ1) is 14.1. The molecule has 0 aliphatic carbocycles. The molecule has 3 rings (SSSR count). The van der Waals surface area contributed by atoms with Gasteiger partial charge in [0.05, 0.1) is 21.8 Å². The molecule has 0 N–H and O–H groups in total. The van der Waals surface area contributed by atoms with Gasteiger partial charge in [-0.2, -0.15) is 5.26 Å². The fourth-order valence-electron chi connectivity index (χ4n) is 2.81. The van der Waals surface area contributed by atoms with Crippen molar-refractivity contribution in [3.8, 4) is 17.6 Å². The summed E-state index contributed by atoms with van der Waals surface area (Å²) in [7, 11) is 0. The van der Waals surface area contributed by atoms with Gasteiger partial charge in [-0.3, -0.25) is 0 Å². The van der Waals surface area contributed by atoms with E-state index in [0.717, 1.165) is 14.7 Å². The van der Waals surface area contributed by atoms with Gasteiger partial charge in [0.15, 0.2) is 11.5 Å². The van der Waals surface area contributed by atoms with E-state index in [1.54, 1.807) is 18.2 Å². The summed E-state index contributed by atoms with van der Waals surface area (Å²) >= 11 is 2.20. The number of hydrogen-bond acceptors (Lipinski definition) is 3. The molecule has 5 heteroatoms. The zero-order valence-electron chi connectivity index (χ0n) is 15.9. The first-order valence-corrected chi connectivity index (χ1v) is 10.2. The van der Waals surface area contributed by atoms with Gasteiger partial charge in [-0.05, 0) is 76.5 Å². The van der Waals surface area contributed by atoms with Crippen LogP contribution in [0.15, 0.2) is 66.7 Å². The lowest BCUT2D eigenvalue weighted by Gasteiger charge is -2.15. The normalized spacial score (nSPS) is 11.0. The SMILES string of the molecule is CCOc1cc(/C=C(/C#N)c2cccc(F)c2)cc(I)c1OCc1ccccc1. The van der Waals surface area contributed by atoms with Crippen molar-refractivity contribution in [3.63, 3.8) is 0 Å². The van der Waals surface area contributed by atoms with Crippen LogP contribution in [0.5, 0.6) is 11.5 Å². The van der Waals surface area contributed by atoms with E-state index < -0.39 is 0 Å². The first kappa shape index (κ1) is 20.9. The predicted octanol–water partition coefficient (Wildman–Crippen LogP) is 6.47. The van der Waals surface area contributed by atoms with Crippen LogP contribution in [0.2, 0.25) is 0 Å². The van der Waals surface area contributed by atoms with Gasteiger partial charge in [-0.1, -0.05) is 42.5 Å². The third-order valence-electron chi connectivity index (χ3n) is 4.12. The van der Waals surface area contributed by atoms with Crippen molar-refractivity contribution in [2.24, 2.45) is 0 Å². The fraction of sp³-hybridized carbons (Fsp3) is 0.125. The molecule has 0 heterocycles. The molecule has 0 atom stereocenters. The van der Waals surface area contributed by atoms with Crippen LogP contribution in [0.4, 0.5) is 4.39 Å². The highest BCUT2D eigenvalue weighted by Gasteiger charge is 2.13. The smallest absolute Gasteiger partial charge is 0.175 e. The number of rotatable bonds is 7. The summed E-state index contributed by atoms with van der Waals surface area (Å²) in [5.41, 5.74) is 2.75. The van der Waals surface area contributed by atoms with E-state index in [-0.39, 0.29) is 5.82 Å². The van der Waals surface area contributed by atoms with Crippen molar-refractivity contribution in [2.75, 3.05) is 6.61 Å². The minimum atomic E-state index is -0.377. The van der Waals surface area contributed by atoms with Crippen LogP contribution in [0.3, 0.4) is 0 Å². The van der Waals surface area contributed by atoms with Crippen LogP contribution < -0.4 is 9.47 Å². The Bertz CT molecular complexity index is 1060. The van der Waals surface area contributed by atoms with Crippen LogP contribution in [-0.4, -0.2) is 6.61 Å². The van der Waals surface area contributed by atoms with Gasteiger partial charge in [0, 0.05) is 0 Å². The molecule has 0 aromatic heterocycles. The molecule has 3 aromatic carbocycles. The number of halogens is 2. The van der Waals surface area contributed by atoms with Crippen LogP contribution >= 0.6 is 22.6 Å². The van der Waals surface area contributed by atoms with Crippen LogP contribution in [0.25, 0.3) is 11.6 Å². The van der Waals surface area contributed by atoms with E-state index in [4.69, 9.17) is 9.47 Å². The monoisotopic (exact) mass is 499 g/mol. The topological polar surface area (TPSA) is 42.2 Å². The molecular weight excluding hydrogens is 480 g/mol. The summed E-state index contributed by atoms with van der Waals surface area (Å²) in [4.78, 5) is 0. The molecule has 29 heavy (non-hydrogen) atoms. The van der Waals surface area contributed by atoms with Gasteiger partial charge in [-0.25, -0.2) is 4.39 Å². The number of nitriles is 1. The molecule has 0 fully saturated rings. The molecule has 0 unspecified atom stereocenters. The Hall–Kier alpha value is -2.85. The van der Waals surface area contributed by atoms with E-state index in [1.807, 2.05) is 49.4 Å². The molecule has 0 bridgehead atoms. The quantitative estimate of drug-likeness (QED) is 0.213. The Morgan fingerprint density at radius 1 is 1.07 bits per heavy atom. The van der Waals surface area contributed by atoms with E-state index in [2.05, 4.69) is 28.7 Å². The standard InChI is InChI=1S/C24H19FINO2/c1-2-28-23-13-18(11-20(15-27)19-9-6-10-21(25)14-19)12-22(26)24(23)29-16-17-7-4-3-5-8-17/h3-14H,2,16H2,1H3/b20-11-. The highest BCUT2D eigenvalue weighted by Crippen LogP contribution is 2.36. The Morgan fingerprint density at radius 3 is 2.55 bits per heavy atom. The summed E-state index contributed by atoms with van der Waals surface area (Å²) < 4.78 is 26.2. The predicted molar refractivity (Wildman–Crippen MR) is 121 cm³/mol. The largest absolute Gasteiger partial charge is 0.490 e. The summed E-state index contributed by atoms with van der Waals surface area (Å²) in [6.45, 7) is 2.82. The van der Waals surface area contributed by atoms with Gasteiger partial charge < -0.3 is 9.47 Å². The summed E-state index contributed by atoms with van der Waals surface area (Å²) in [6, 6.07) is 21.8. The first-order valence-electron chi connectivity index (χ1n) is 9.11. The molecule has 3 nitrogen and oxygen atoms in total. The number of ether oxygens (including phenoxy) is 2. The fourth-order valence-corrected chi connectivity index (χ4v) is 3.59. The average Bonchev–Trinajstić information content (AvgIpc) is 2.72. The highest BCUT2D eigenvalue weighted by atomic mass is 127. The van der Waals surface area contributed by atoms with Crippen LogP contribution in [0, 0.1) is 20.7 Å².